The zero-order chi connectivity index (χ0) is 50.6. The number of methoxy groups -OCH3 is 1. The third-order valence-corrected chi connectivity index (χ3v) is 13.8. The number of carbonyl (C=O) groups excluding carboxylic acids is 1. The minimum Gasteiger partial charge on any atom is -0.507 e. The second-order valence-corrected chi connectivity index (χ2v) is 22.2. The summed E-state index contributed by atoms with van der Waals surface area (Å²) >= 11 is 0. The molecule has 0 fully saturated rings. The van der Waals surface area contributed by atoms with E-state index in [0.29, 0.717) is 101 Å². The molecule has 22 heteroatoms. The predicted octanol–water partition coefficient (Wildman–Crippen LogP) is 5.68. The second kappa shape index (κ2) is 27.5. The molecule has 0 aromatic heterocycles. The number of phenols is 1. The monoisotopic (exact) mass is 1020 g/mol. The molecule has 2 aromatic rings. The van der Waals surface area contributed by atoms with E-state index < -0.39 is 52.7 Å². The van der Waals surface area contributed by atoms with Crippen molar-refractivity contribution in [2.24, 2.45) is 11.3 Å². The molecule has 0 aliphatic carbocycles. The van der Waals surface area contributed by atoms with E-state index in [0.717, 1.165) is 11.3 Å². The number of fused-ring (bicyclic) bond motifs is 1. The van der Waals surface area contributed by atoms with E-state index >= 15 is 0 Å². The van der Waals surface area contributed by atoms with Crippen LogP contribution in [0.25, 0.3) is 5.57 Å². The molecule has 1 aliphatic rings. The summed E-state index contributed by atoms with van der Waals surface area (Å²) in [4.78, 5) is 15.3. The molecule has 0 saturated heterocycles. The number of carbonyl (C=O) groups is 1. The van der Waals surface area contributed by atoms with Gasteiger partial charge in [0.05, 0.1) is 62.6 Å². The zero-order valence-corrected chi connectivity index (χ0v) is 42.3. The van der Waals surface area contributed by atoms with E-state index in [4.69, 9.17) is 24.8 Å². The second-order valence-electron chi connectivity index (χ2n) is 17.6. The molecule has 1 amide bonds. The van der Waals surface area contributed by atoms with Crippen molar-refractivity contribution in [3.8, 4) is 5.75 Å². The molecule has 7 N–H and O–H groups in total. The molecule has 1 heterocycles. The molecule has 1 atom stereocenters. The Bertz CT molecular complexity index is 2370. The average Bonchev–Trinajstić information content (AvgIpc) is 3.47. The largest absolute Gasteiger partial charge is 0.507 e. The van der Waals surface area contributed by atoms with E-state index in [1.807, 2.05) is 73.9 Å². The van der Waals surface area contributed by atoms with E-state index in [1.54, 1.807) is 19.2 Å². The highest BCUT2D eigenvalue weighted by molar-refractivity contribution is 7.86. The molecule has 0 bridgehead atoms. The van der Waals surface area contributed by atoms with Crippen LogP contribution in [0.15, 0.2) is 71.3 Å². The lowest BCUT2D eigenvalue weighted by molar-refractivity contribution is -0.121. The smallest absolute Gasteiger partial charge is 0.294 e. The van der Waals surface area contributed by atoms with Crippen molar-refractivity contribution in [3.63, 3.8) is 0 Å². The summed E-state index contributed by atoms with van der Waals surface area (Å²) < 4.78 is 122. The maximum atomic E-state index is 12.3. The van der Waals surface area contributed by atoms with Gasteiger partial charge in [0.2, 0.25) is 5.91 Å². The molecule has 0 spiro atoms. The molecule has 1 unspecified atom stereocenters. The van der Waals surface area contributed by atoms with Crippen molar-refractivity contribution >= 4 is 53.2 Å². The number of hydrazine groups is 1. The van der Waals surface area contributed by atoms with Gasteiger partial charge in [0.25, 0.3) is 30.4 Å². The number of benzene rings is 2. The number of hydrogen-bond acceptors (Lipinski definition) is 15. The first-order valence-electron chi connectivity index (χ1n) is 22.6. The van der Waals surface area contributed by atoms with Crippen LogP contribution in [0.4, 0.5) is 11.4 Å². The fraction of sp³-hybridized carbons (Fsp3) is 0.587. The highest BCUT2D eigenvalue weighted by Crippen LogP contribution is 2.51. The summed E-state index contributed by atoms with van der Waals surface area (Å²) in [7, 11) is -11.5. The third-order valence-electron chi connectivity index (χ3n) is 11.3. The van der Waals surface area contributed by atoms with Crippen molar-refractivity contribution in [2.75, 3.05) is 94.3 Å². The fourth-order valence-electron chi connectivity index (χ4n) is 7.96. The minimum atomic E-state index is -4.59. The number of aromatic hydroxyl groups is 1. The summed E-state index contributed by atoms with van der Waals surface area (Å²) in [5, 5.41) is 11.5. The normalized spacial score (nSPS) is 16.5. The van der Waals surface area contributed by atoms with Gasteiger partial charge in [0.1, 0.15) is 5.75 Å². The first kappa shape index (κ1) is 58.4. The molecule has 0 saturated carbocycles. The summed E-state index contributed by atoms with van der Waals surface area (Å²) in [5.74, 6) is 4.01. The van der Waals surface area contributed by atoms with Gasteiger partial charge < -0.3 is 33.9 Å². The number of nitrogens with one attached hydrogen (secondary N) is 1. The minimum absolute atomic E-state index is 0.00419. The Balaban J connectivity index is 1.90. The van der Waals surface area contributed by atoms with Crippen molar-refractivity contribution < 1.29 is 67.8 Å². The van der Waals surface area contributed by atoms with E-state index in [-0.39, 0.29) is 55.4 Å². The number of anilines is 2. The number of nitrogens with two attached hydrogens (primary N) is 1. The summed E-state index contributed by atoms with van der Waals surface area (Å²) in [6.07, 6.45) is 10.6. The molecule has 68 heavy (non-hydrogen) atoms. The number of nitrogens with zero attached hydrogens (tertiary/aromatic N) is 2. The van der Waals surface area contributed by atoms with Crippen molar-refractivity contribution in [1.82, 2.24) is 5.43 Å². The van der Waals surface area contributed by atoms with Crippen LogP contribution in [0.5, 0.6) is 5.75 Å². The lowest BCUT2D eigenvalue weighted by Crippen LogP contribution is -2.30. The zero-order valence-electron chi connectivity index (χ0n) is 39.9. The standard InChI is InChI=1S/C46H72N4O15S3/c1-45(2,3)39(38-19-17-36(34-42(38)51)49(22-13-33-67(56,57)58)24-25-63-28-29-65-31-30-64-27-26-62-5)14-8-6-9-15-43-46(4,21-12-32-66(53,54)55)40-35-37(68(59,60)61)18-20-41(40)50(43)23-11-7-10-16-44(52)48-47/h6,9,14-15,17-20,34-35,51H,7-8,10-13,16,21-33,47H2,1-5H3,(H,48,52)(H,53,54,55)(H,56,57,58)(H,59,60,61)/b9-6+,39-14+,43-15+. The molecule has 1 aliphatic heterocycles. The van der Waals surface area contributed by atoms with Crippen LogP contribution in [0.2, 0.25) is 0 Å². The number of amides is 1. The Morgan fingerprint density at radius 2 is 1.46 bits per heavy atom. The maximum absolute atomic E-state index is 12.3. The summed E-state index contributed by atoms with van der Waals surface area (Å²) in [6.45, 7) is 11.8. The molecule has 384 valence electrons. The quantitative estimate of drug-likeness (QED) is 0.0169. The SMILES string of the molecule is COCCOCCOCCOCCN(CCCS(=O)(=O)O)c1ccc(/C(=C\C/C=C/C=C2/N(CCCCCC(=O)NN)c3ccc(S(=O)(=O)O)cc3C2(C)CCCS(=O)(=O)O)C(C)(C)C)c(O)c1. The highest BCUT2D eigenvalue weighted by atomic mass is 32.2. The summed E-state index contributed by atoms with van der Waals surface area (Å²) in [6, 6.07) is 9.57. The lowest BCUT2D eigenvalue weighted by atomic mass is 9.77. The number of rotatable bonds is 32. The van der Waals surface area contributed by atoms with Crippen molar-refractivity contribution in [1.29, 1.82) is 0 Å². The molecular formula is C46H72N4O15S3. The van der Waals surface area contributed by atoms with E-state index in [1.165, 1.54) is 12.1 Å². The topological polar surface area (TPSA) is 282 Å². The van der Waals surface area contributed by atoms with Gasteiger partial charge in [-0.3, -0.25) is 23.9 Å². The Morgan fingerprint density at radius 1 is 0.824 bits per heavy atom. The Morgan fingerprint density at radius 3 is 2.04 bits per heavy atom. The van der Waals surface area contributed by atoms with Gasteiger partial charge in [-0.1, -0.05) is 45.4 Å². The third kappa shape index (κ3) is 19.8. The molecular weight excluding hydrogens is 945 g/mol. The van der Waals surface area contributed by atoms with Crippen LogP contribution in [0.3, 0.4) is 0 Å². The predicted molar refractivity (Wildman–Crippen MR) is 262 cm³/mol. The van der Waals surface area contributed by atoms with Gasteiger partial charge in [-0.05, 0) is 98.4 Å². The van der Waals surface area contributed by atoms with Gasteiger partial charge in [-0.25, -0.2) is 5.84 Å². The number of phenolic OH excluding ortho intramolecular Hbond substituents is 1. The van der Waals surface area contributed by atoms with E-state index in [9.17, 15) is 48.8 Å². The Labute approximate surface area is 402 Å². The van der Waals surface area contributed by atoms with Crippen molar-refractivity contribution in [3.05, 3.63) is 77.5 Å². The van der Waals surface area contributed by atoms with Crippen molar-refractivity contribution in [2.45, 2.75) is 89.4 Å². The number of unbranched alkanes of at least 4 members (excludes halogenated alkanes) is 2. The molecule has 0 radical (unpaired) electrons. The summed E-state index contributed by atoms with van der Waals surface area (Å²) in [5.41, 5.74) is 4.76. The maximum Gasteiger partial charge on any atom is 0.294 e. The fourth-order valence-corrected chi connectivity index (χ4v) is 9.47. The lowest BCUT2D eigenvalue weighted by Gasteiger charge is -2.30. The molecule has 19 nitrogen and oxygen atoms in total. The van der Waals surface area contributed by atoms with E-state index in [2.05, 4.69) is 5.43 Å². The van der Waals surface area contributed by atoms with Gasteiger partial charge >= 0.3 is 0 Å². The molecule has 3 rings (SSSR count). The van der Waals surface area contributed by atoms with Crippen LogP contribution in [0.1, 0.15) is 90.2 Å². The van der Waals surface area contributed by atoms with Crippen LogP contribution in [0, 0.1) is 5.41 Å². The van der Waals surface area contributed by atoms with Crippen LogP contribution >= 0.6 is 0 Å². The van der Waals surface area contributed by atoms with Gasteiger partial charge in [-0.2, -0.15) is 25.3 Å². The Kier molecular flexibility index (Phi) is 23.6. The number of ether oxygens (including phenoxy) is 4. The van der Waals surface area contributed by atoms with Crippen LogP contribution in [-0.4, -0.2) is 134 Å². The van der Waals surface area contributed by atoms with Gasteiger partial charge in [0.15, 0.2) is 0 Å². The number of hydrogen-bond donors (Lipinski definition) is 6. The number of allylic oxidation sites excluding steroid dienone is 6. The van der Waals surface area contributed by atoms with Gasteiger partial charge in [-0.15, -0.1) is 0 Å². The Hall–Kier alpha value is -3.94. The van der Waals surface area contributed by atoms with Crippen LogP contribution in [-0.2, 0) is 59.5 Å². The first-order valence-corrected chi connectivity index (χ1v) is 27.2. The van der Waals surface area contributed by atoms with Crippen LogP contribution < -0.4 is 21.1 Å². The first-order chi connectivity index (χ1) is 31.9. The highest BCUT2D eigenvalue weighted by Gasteiger charge is 2.43. The van der Waals surface area contributed by atoms with Gasteiger partial charge in [0, 0.05) is 67.3 Å². The molecule has 2 aromatic carbocycles. The average molecular weight is 1020 g/mol.